The largest absolute Gasteiger partial charge is 0.384 e. The first kappa shape index (κ1) is 11.2. The molecular formula is C13H11BrN4. The lowest BCUT2D eigenvalue weighted by molar-refractivity contribution is 0.930. The van der Waals surface area contributed by atoms with Crippen LogP contribution in [0, 0.1) is 6.92 Å². The molecule has 0 radical (unpaired) electrons. The molecule has 0 saturated carbocycles. The molecule has 0 aliphatic heterocycles. The Balaban J connectivity index is 2.20. The Morgan fingerprint density at radius 1 is 1.17 bits per heavy atom. The van der Waals surface area contributed by atoms with Crippen molar-refractivity contribution in [3.05, 3.63) is 46.6 Å². The highest BCUT2D eigenvalue weighted by Crippen LogP contribution is 2.23. The topological polar surface area (TPSA) is 56.2 Å². The molecule has 0 aliphatic rings. The van der Waals surface area contributed by atoms with Crippen molar-refractivity contribution in [2.75, 3.05) is 5.73 Å². The van der Waals surface area contributed by atoms with Gasteiger partial charge in [0.05, 0.1) is 11.4 Å². The first-order chi connectivity index (χ1) is 8.63. The Bertz CT molecular complexity index is 716. The molecule has 0 spiro atoms. The summed E-state index contributed by atoms with van der Waals surface area (Å²) in [5.74, 6) is 0.589. The summed E-state index contributed by atoms with van der Waals surface area (Å²) < 4.78 is 2.69. The van der Waals surface area contributed by atoms with Crippen LogP contribution in [0.5, 0.6) is 0 Å². The molecule has 2 N–H and O–H groups in total. The van der Waals surface area contributed by atoms with Crippen molar-refractivity contribution in [1.82, 2.24) is 14.6 Å². The van der Waals surface area contributed by atoms with Crippen molar-refractivity contribution < 1.29 is 0 Å². The molecule has 0 atom stereocenters. The number of hydrogen-bond acceptors (Lipinski definition) is 3. The Morgan fingerprint density at radius 3 is 2.61 bits per heavy atom. The minimum atomic E-state index is 0.589. The van der Waals surface area contributed by atoms with E-state index in [0.29, 0.717) is 5.82 Å². The number of benzene rings is 1. The minimum Gasteiger partial charge on any atom is -0.384 e. The van der Waals surface area contributed by atoms with Crippen molar-refractivity contribution >= 4 is 27.4 Å². The van der Waals surface area contributed by atoms with Crippen molar-refractivity contribution in [3.63, 3.8) is 0 Å². The molecule has 3 rings (SSSR count). The fourth-order valence-electron chi connectivity index (χ4n) is 1.88. The highest BCUT2D eigenvalue weighted by molar-refractivity contribution is 9.10. The van der Waals surface area contributed by atoms with E-state index in [9.17, 15) is 0 Å². The number of hydrogen-bond donors (Lipinski definition) is 1. The zero-order valence-corrected chi connectivity index (χ0v) is 11.3. The van der Waals surface area contributed by atoms with Crippen molar-refractivity contribution in [3.8, 4) is 11.3 Å². The second-order valence-corrected chi connectivity index (χ2v) is 5.04. The number of nitrogens with zero attached hydrogens (tertiary/aromatic N) is 3. The Hall–Kier alpha value is -1.88. The maximum atomic E-state index is 5.99. The fourth-order valence-corrected chi connectivity index (χ4v) is 2.15. The SMILES string of the molecule is Cc1cc2nc(-c3ccc(Br)cc3)cc(N)n2n1. The van der Waals surface area contributed by atoms with Crippen molar-refractivity contribution in [1.29, 1.82) is 0 Å². The van der Waals surface area contributed by atoms with E-state index >= 15 is 0 Å². The number of rotatable bonds is 1. The predicted octanol–water partition coefficient (Wildman–Crippen LogP) is 3.05. The first-order valence-corrected chi connectivity index (χ1v) is 6.31. The van der Waals surface area contributed by atoms with Gasteiger partial charge in [-0.25, -0.2) is 4.98 Å². The van der Waals surface area contributed by atoms with Crippen LogP contribution < -0.4 is 5.73 Å². The van der Waals surface area contributed by atoms with Gasteiger partial charge in [0, 0.05) is 22.2 Å². The van der Waals surface area contributed by atoms with E-state index in [4.69, 9.17) is 5.73 Å². The molecule has 0 fully saturated rings. The molecule has 3 aromatic rings. The van der Waals surface area contributed by atoms with Crippen LogP contribution in [0.25, 0.3) is 16.9 Å². The lowest BCUT2D eigenvalue weighted by Crippen LogP contribution is -2.01. The maximum Gasteiger partial charge on any atom is 0.158 e. The molecule has 2 heterocycles. The average molecular weight is 303 g/mol. The number of anilines is 1. The second kappa shape index (κ2) is 4.10. The van der Waals surface area contributed by atoms with Crippen LogP contribution in [-0.2, 0) is 0 Å². The normalized spacial score (nSPS) is 11.0. The van der Waals surface area contributed by atoms with Crippen LogP contribution in [0.1, 0.15) is 5.69 Å². The summed E-state index contributed by atoms with van der Waals surface area (Å²) in [6, 6.07) is 11.7. The van der Waals surface area contributed by atoms with Gasteiger partial charge >= 0.3 is 0 Å². The van der Waals surface area contributed by atoms with Crippen LogP contribution >= 0.6 is 15.9 Å². The lowest BCUT2D eigenvalue weighted by Gasteiger charge is -2.04. The minimum absolute atomic E-state index is 0.589. The van der Waals surface area contributed by atoms with Gasteiger partial charge < -0.3 is 5.73 Å². The molecule has 0 bridgehead atoms. The lowest BCUT2D eigenvalue weighted by atomic mass is 10.1. The van der Waals surface area contributed by atoms with Crippen molar-refractivity contribution in [2.24, 2.45) is 0 Å². The van der Waals surface area contributed by atoms with Gasteiger partial charge in [-0.05, 0) is 19.1 Å². The van der Waals surface area contributed by atoms with Gasteiger partial charge in [0.2, 0.25) is 0 Å². The number of halogens is 1. The predicted molar refractivity (Wildman–Crippen MR) is 75.3 cm³/mol. The number of nitrogen functional groups attached to an aromatic ring is 1. The summed E-state index contributed by atoms with van der Waals surface area (Å²) in [5.41, 5.74) is 9.55. The van der Waals surface area contributed by atoms with E-state index in [2.05, 4.69) is 26.0 Å². The third-order valence-electron chi connectivity index (χ3n) is 2.72. The third kappa shape index (κ3) is 1.86. The van der Waals surface area contributed by atoms with Crippen LogP contribution in [-0.4, -0.2) is 14.6 Å². The summed E-state index contributed by atoms with van der Waals surface area (Å²) in [4.78, 5) is 4.56. The number of fused-ring (bicyclic) bond motifs is 1. The fraction of sp³-hybridized carbons (Fsp3) is 0.0769. The molecule has 0 amide bonds. The highest BCUT2D eigenvalue weighted by Gasteiger charge is 2.07. The molecular weight excluding hydrogens is 292 g/mol. The zero-order valence-electron chi connectivity index (χ0n) is 9.76. The maximum absolute atomic E-state index is 5.99. The smallest absolute Gasteiger partial charge is 0.158 e. The van der Waals surface area contributed by atoms with Gasteiger partial charge in [-0.2, -0.15) is 9.61 Å². The van der Waals surface area contributed by atoms with Crippen LogP contribution in [0.4, 0.5) is 5.82 Å². The van der Waals surface area contributed by atoms with E-state index in [1.165, 1.54) is 0 Å². The number of aromatic nitrogens is 3. The molecule has 90 valence electrons. The summed E-state index contributed by atoms with van der Waals surface area (Å²) in [6.07, 6.45) is 0. The van der Waals surface area contributed by atoms with Gasteiger partial charge in [0.15, 0.2) is 5.65 Å². The third-order valence-corrected chi connectivity index (χ3v) is 3.25. The second-order valence-electron chi connectivity index (χ2n) is 4.13. The molecule has 0 unspecified atom stereocenters. The quantitative estimate of drug-likeness (QED) is 0.751. The Labute approximate surface area is 113 Å². The molecule has 0 aliphatic carbocycles. The van der Waals surface area contributed by atoms with E-state index in [0.717, 1.165) is 27.1 Å². The van der Waals surface area contributed by atoms with E-state index in [-0.39, 0.29) is 0 Å². The van der Waals surface area contributed by atoms with Gasteiger partial charge in [-0.1, -0.05) is 28.1 Å². The first-order valence-electron chi connectivity index (χ1n) is 5.52. The van der Waals surface area contributed by atoms with Crippen LogP contribution in [0.15, 0.2) is 40.9 Å². The van der Waals surface area contributed by atoms with Crippen LogP contribution in [0.3, 0.4) is 0 Å². The summed E-state index contributed by atoms with van der Waals surface area (Å²) in [6.45, 7) is 1.92. The van der Waals surface area contributed by atoms with Gasteiger partial charge in [-0.15, -0.1) is 0 Å². The van der Waals surface area contributed by atoms with E-state index < -0.39 is 0 Å². The van der Waals surface area contributed by atoms with Crippen molar-refractivity contribution in [2.45, 2.75) is 6.92 Å². The standard InChI is InChI=1S/C13H11BrN4/c1-8-6-13-16-11(7-12(15)18(13)17-8)9-2-4-10(14)5-3-9/h2-7H,15H2,1H3. The molecule has 0 saturated heterocycles. The summed E-state index contributed by atoms with van der Waals surface area (Å²) in [7, 11) is 0. The molecule has 2 aromatic heterocycles. The summed E-state index contributed by atoms with van der Waals surface area (Å²) in [5, 5.41) is 4.28. The van der Waals surface area contributed by atoms with Gasteiger partial charge in [-0.3, -0.25) is 0 Å². The Kier molecular flexibility index (Phi) is 2.56. The van der Waals surface area contributed by atoms with Crippen LogP contribution in [0.2, 0.25) is 0 Å². The number of nitrogens with two attached hydrogens (primary N) is 1. The number of aryl methyl sites for hydroxylation is 1. The molecule has 4 nitrogen and oxygen atoms in total. The monoisotopic (exact) mass is 302 g/mol. The van der Waals surface area contributed by atoms with Gasteiger partial charge in [0.1, 0.15) is 5.82 Å². The highest BCUT2D eigenvalue weighted by atomic mass is 79.9. The zero-order chi connectivity index (χ0) is 12.7. The van der Waals surface area contributed by atoms with E-state index in [1.54, 1.807) is 4.52 Å². The molecule has 18 heavy (non-hydrogen) atoms. The molecule has 1 aromatic carbocycles. The molecule has 5 heteroatoms. The van der Waals surface area contributed by atoms with Gasteiger partial charge in [0.25, 0.3) is 0 Å². The average Bonchev–Trinajstić information content (AvgIpc) is 2.71. The summed E-state index contributed by atoms with van der Waals surface area (Å²) >= 11 is 3.42. The van der Waals surface area contributed by atoms with E-state index in [1.807, 2.05) is 43.3 Å². The Morgan fingerprint density at radius 2 is 1.89 bits per heavy atom.